The predicted molar refractivity (Wildman–Crippen MR) is 130 cm³/mol. The third-order valence-electron chi connectivity index (χ3n) is 10.3. The van der Waals surface area contributed by atoms with E-state index in [0.717, 1.165) is 18.8 Å². The lowest BCUT2D eigenvalue weighted by molar-refractivity contribution is -0.179. The van der Waals surface area contributed by atoms with Crippen LogP contribution in [0.2, 0.25) is 0 Å². The summed E-state index contributed by atoms with van der Waals surface area (Å²) in [5, 5.41) is 0. The van der Waals surface area contributed by atoms with Crippen LogP contribution < -0.4 is 0 Å². The number of rotatable bonds is 5. The molecule has 4 rings (SSSR count). The molecule has 9 atom stereocenters. The molecule has 4 aliphatic carbocycles. The second kappa shape index (κ2) is 9.23. The molecule has 0 amide bonds. The number of ether oxygens (including phenoxy) is 2. The molecule has 4 heteroatoms. The van der Waals surface area contributed by atoms with Gasteiger partial charge in [0.1, 0.15) is 6.10 Å². The smallest absolute Gasteiger partial charge is 0.330 e. The SMILES string of the molecule is CCOC(=O)/C=C/[C@@H](C)C1CC[C@H]2[C@@H]3CC=C4C[C@@H](C)CC[C@]4(C)[C@H]3C[C@@H](OC(C)=O)[C@]12C. The summed E-state index contributed by atoms with van der Waals surface area (Å²) in [7, 11) is 0. The maximum atomic E-state index is 12.3. The van der Waals surface area contributed by atoms with Crippen LogP contribution in [0.15, 0.2) is 23.8 Å². The van der Waals surface area contributed by atoms with Gasteiger partial charge in [0.05, 0.1) is 6.61 Å². The van der Waals surface area contributed by atoms with Crippen molar-refractivity contribution in [1.29, 1.82) is 0 Å². The molecule has 3 fully saturated rings. The Morgan fingerprint density at radius 1 is 1.21 bits per heavy atom. The summed E-state index contributed by atoms with van der Waals surface area (Å²) in [6.45, 7) is 13.3. The van der Waals surface area contributed by atoms with Crippen LogP contribution in [-0.4, -0.2) is 24.6 Å². The van der Waals surface area contributed by atoms with Gasteiger partial charge >= 0.3 is 11.9 Å². The average Bonchev–Trinajstić information content (AvgIpc) is 3.11. The molecule has 0 bridgehead atoms. The Balaban J connectivity index is 1.65. The van der Waals surface area contributed by atoms with Gasteiger partial charge in [-0.25, -0.2) is 4.79 Å². The molecular weight excluding hydrogens is 412 g/mol. The predicted octanol–water partition coefficient (Wildman–Crippen LogP) is 6.50. The van der Waals surface area contributed by atoms with E-state index < -0.39 is 0 Å². The van der Waals surface area contributed by atoms with E-state index in [-0.39, 0.29) is 34.8 Å². The molecule has 0 aromatic heterocycles. The average molecular weight is 457 g/mol. The molecule has 4 aliphatic rings. The van der Waals surface area contributed by atoms with E-state index in [4.69, 9.17) is 9.47 Å². The molecule has 184 valence electrons. The molecule has 0 aliphatic heterocycles. The first-order chi connectivity index (χ1) is 15.6. The third kappa shape index (κ3) is 4.21. The van der Waals surface area contributed by atoms with Crippen LogP contribution >= 0.6 is 0 Å². The largest absolute Gasteiger partial charge is 0.463 e. The second-order valence-corrected chi connectivity index (χ2v) is 12.0. The quantitative estimate of drug-likeness (QED) is 0.269. The van der Waals surface area contributed by atoms with Crippen molar-refractivity contribution in [3.05, 3.63) is 23.8 Å². The van der Waals surface area contributed by atoms with Gasteiger partial charge in [0.15, 0.2) is 0 Å². The molecule has 3 saturated carbocycles. The highest BCUT2D eigenvalue weighted by molar-refractivity contribution is 5.81. The summed E-state index contributed by atoms with van der Waals surface area (Å²) in [6.07, 6.45) is 14.4. The zero-order valence-corrected chi connectivity index (χ0v) is 21.6. The Hall–Kier alpha value is -1.58. The lowest BCUT2D eigenvalue weighted by Crippen LogP contribution is -2.57. The highest BCUT2D eigenvalue weighted by atomic mass is 16.5. The number of hydrogen-bond acceptors (Lipinski definition) is 4. The number of carbonyl (C=O) groups excluding carboxylic acids is 2. The van der Waals surface area contributed by atoms with E-state index in [9.17, 15) is 9.59 Å². The fourth-order valence-corrected chi connectivity index (χ4v) is 8.61. The topological polar surface area (TPSA) is 52.6 Å². The van der Waals surface area contributed by atoms with Gasteiger partial charge in [0, 0.05) is 18.4 Å². The van der Waals surface area contributed by atoms with Crippen molar-refractivity contribution >= 4 is 11.9 Å². The number of carbonyl (C=O) groups is 2. The van der Waals surface area contributed by atoms with E-state index in [0.29, 0.717) is 30.3 Å². The molecule has 0 aromatic carbocycles. The van der Waals surface area contributed by atoms with Crippen LogP contribution in [0.4, 0.5) is 0 Å². The van der Waals surface area contributed by atoms with Crippen molar-refractivity contribution in [2.75, 3.05) is 6.61 Å². The minimum absolute atomic E-state index is 0.0530. The molecule has 0 saturated heterocycles. The first-order valence-electron chi connectivity index (χ1n) is 13.3. The van der Waals surface area contributed by atoms with E-state index in [2.05, 4.69) is 33.8 Å². The molecular formula is C29H44O4. The molecule has 0 N–H and O–H groups in total. The van der Waals surface area contributed by atoms with Crippen LogP contribution in [0, 0.1) is 46.3 Å². The van der Waals surface area contributed by atoms with E-state index in [1.807, 2.05) is 13.0 Å². The van der Waals surface area contributed by atoms with Gasteiger partial charge < -0.3 is 9.47 Å². The van der Waals surface area contributed by atoms with Crippen LogP contribution in [0.1, 0.15) is 86.5 Å². The second-order valence-electron chi connectivity index (χ2n) is 12.0. The summed E-state index contributed by atoms with van der Waals surface area (Å²) >= 11 is 0. The Morgan fingerprint density at radius 3 is 2.67 bits per heavy atom. The summed E-state index contributed by atoms with van der Waals surface area (Å²) < 4.78 is 11.3. The zero-order valence-electron chi connectivity index (χ0n) is 21.6. The Morgan fingerprint density at radius 2 is 1.97 bits per heavy atom. The van der Waals surface area contributed by atoms with Gasteiger partial charge in [-0.15, -0.1) is 0 Å². The van der Waals surface area contributed by atoms with E-state index in [1.54, 1.807) is 18.6 Å². The fraction of sp³-hybridized carbons (Fsp3) is 0.793. The van der Waals surface area contributed by atoms with Crippen LogP contribution in [0.3, 0.4) is 0 Å². The van der Waals surface area contributed by atoms with Gasteiger partial charge in [-0.05, 0) is 92.8 Å². The minimum atomic E-state index is -0.270. The molecule has 1 unspecified atom stereocenters. The molecule has 0 heterocycles. The van der Waals surface area contributed by atoms with Gasteiger partial charge in [-0.3, -0.25) is 4.79 Å². The van der Waals surface area contributed by atoms with Gasteiger partial charge in [-0.2, -0.15) is 0 Å². The summed E-state index contributed by atoms with van der Waals surface area (Å²) in [4.78, 5) is 24.2. The summed E-state index contributed by atoms with van der Waals surface area (Å²) in [5.74, 6) is 2.79. The van der Waals surface area contributed by atoms with Crippen LogP contribution in [0.25, 0.3) is 0 Å². The number of allylic oxidation sites excluding steroid dienone is 3. The van der Waals surface area contributed by atoms with E-state index >= 15 is 0 Å². The zero-order chi connectivity index (χ0) is 24.0. The van der Waals surface area contributed by atoms with E-state index in [1.165, 1.54) is 32.1 Å². The van der Waals surface area contributed by atoms with Crippen molar-refractivity contribution in [1.82, 2.24) is 0 Å². The lowest BCUT2D eigenvalue weighted by Gasteiger charge is -2.60. The summed E-state index contributed by atoms with van der Waals surface area (Å²) in [5.41, 5.74) is 1.87. The minimum Gasteiger partial charge on any atom is -0.463 e. The Bertz CT molecular complexity index is 827. The number of fused-ring (bicyclic) bond motifs is 5. The Labute approximate surface area is 200 Å². The van der Waals surface area contributed by atoms with Crippen molar-refractivity contribution in [3.63, 3.8) is 0 Å². The van der Waals surface area contributed by atoms with Crippen molar-refractivity contribution in [2.45, 2.75) is 92.6 Å². The van der Waals surface area contributed by atoms with Gasteiger partial charge in [0.25, 0.3) is 0 Å². The molecule has 0 spiro atoms. The van der Waals surface area contributed by atoms with Gasteiger partial charge in [-0.1, -0.05) is 45.4 Å². The maximum absolute atomic E-state index is 12.3. The highest BCUT2D eigenvalue weighted by Crippen LogP contribution is 2.68. The molecule has 4 nitrogen and oxygen atoms in total. The van der Waals surface area contributed by atoms with Crippen molar-refractivity contribution in [3.8, 4) is 0 Å². The molecule has 0 aromatic rings. The van der Waals surface area contributed by atoms with Crippen molar-refractivity contribution < 1.29 is 19.1 Å². The third-order valence-corrected chi connectivity index (χ3v) is 10.3. The Kier molecular flexibility index (Phi) is 6.86. The number of hydrogen-bond donors (Lipinski definition) is 0. The first-order valence-corrected chi connectivity index (χ1v) is 13.3. The lowest BCUT2D eigenvalue weighted by atomic mass is 9.46. The number of esters is 2. The van der Waals surface area contributed by atoms with Gasteiger partial charge in [0.2, 0.25) is 0 Å². The fourth-order valence-electron chi connectivity index (χ4n) is 8.61. The normalized spacial score (nSPS) is 43.2. The van der Waals surface area contributed by atoms with Crippen molar-refractivity contribution in [2.24, 2.45) is 46.3 Å². The van der Waals surface area contributed by atoms with Crippen LogP contribution in [-0.2, 0) is 19.1 Å². The standard InChI is InChI=1S/C29H44O4/c1-7-32-27(31)13-8-19(3)23-11-12-24-22-10-9-21-16-18(2)14-15-28(21,5)25(22)17-26(29(23,24)6)33-20(4)30/h8-9,13,18-19,22-26H,7,10-12,14-17H2,1-6H3/b13-8+/t18-,19+,22-,23?,24-,25-,26+,28-,29+/m0/s1. The molecule has 33 heavy (non-hydrogen) atoms. The molecule has 0 radical (unpaired) electrons. The first kappa shape index (κ1) is 24.5. The maximum Gasteiger partial charge on any atom is 0.330 e. The van der Waals surface area contributed by atoms with Crippen LogP contribution in [0.5, 0.6) is 0 Å². The summed E-state index contributed by atoms with van der Waals surface area (Å²) in [6, 6.07) is 0. The highest BCUT2D eigenvalue weighted by Gasteiger charge is 2.63. The monoisotopic (exact) mass is 456 g/mol.